The van der Waals surface area contributed by atoms with Gasteiger partial charge in [0.1, 0.15) is 16.9 Å². The van der Waals surface area contributed by atoms with Gasteiger partial charge in [-0.25, -0.2) is 9.59 Å². The lowest BCUT2D eigenvalue weighted by atomic mass is 10.1. The zero-order valence-corrected chi connectivity index (χ0v) is 13.7. The second-order valence-corrected chi connectivity index (χ2v) is 5.64. The van der Waals surface area contributed by atoms with E-state index < -0.39 is 17.7 Å². The quantitative estimate of drug-likeness (QED) is 0.677. The maximum atomic E-state index is 12.0. The van der Waals surface area contributed by atoms with Gasteiger partial charge in [-0.15, -0.1) is 0 Å². The average molecular weight is 311 g/mol. The Hall–Kier alpha value is -2.31. The Morgan fingerprint density at radius 2 is 1.77 bits per heavy atom. The minimum atomic E-state index is -0.790. The lowest BCUT2D eigenvalue weighted by Crippen LogP contribution is -2.27. The number of carbonyl (C=O) groups is 3. The van der Waals surface area contributed by atoms with Crippen molar-refractivity contribution in [2.45, 2.75) is 47.1 Å². The van der Waals surface area contributed by atoms with Gasteiger partial charge >= 0.3 is 12.1 Å². The first-order valence-corrected chi connectivity index (χ1v) is 6.88. The molecule has 1 aromatic heterocycles. The second kappa shape index (κ2) is 6.64. The largest absolute Gasteiger partial charge is 0.462 e. The molecular formula is C15H21NO6. The van der Waals surface area contributed by atoms with Crippen LogP contribution in [0.3, 0.4) is 0 Å². The van der Waals surface area contributed by atoms with E-state index in [1.807, 2.05) is 0 Å². The molecule has 22 heavy (non-hydrogen) atoms. The molecule has 1 rings (SSSR count). The summed E-state index contributed by atoms with van der Waals surface area (Å²) in [6.45, 7) is 9.71. The summed E-state index contributed by atoms with van der Waals surface area (Å²) < 4.78 is 15.3. The first-order valence-electron chi connectivity index (χ1n) is 6.88. The monoisotopic (exact) mass is 311 g/mol. The number of ketones is 1. The van der Waals surface area contributed by atoms with Gasteiger partial charge in [0.05, 0.1) is 12.2 Å². The first-order chi connectivity index (χ1) is 10.1. The van der Waals surface area contributed by atoms with Crippen molar-refractivity contribution in [3.05, 3.63) is 16.9 Å². The smallest absolute Gasteiger partial charge is 0.414 e. The molecule has 1 aromatic rings. The van der Waals surface area contributed by atoms with Crippen molar-refractivity contribution < 1.29 is 28.3 Å². The van der Waals surface area contributed by atoms with E-state index in [1.54, 1.807) is 27.7 Å². The molecule has 0 fully saturated rings. The first kappa shape index (κ1) is 17.7. The Balaban J connectivity index is 3.19. The molecule has 1 N–H and O–H groups in total. The van der Waals surface area contributed by atoms with Crippen LogP contribution < -0.4 is 5.32 Å². The molecule has 0 saturated carbocycles. The van der Waals surface area contributed by atoms with Crippen LogP contribution in [-0.2, 0) is 9.47 Å². The van der Waals surface area contributed by atoms with Gasteiger partial charge < -0.3 is 13.9 Å². The van der Waals surface area contributed by atoms with Gasteiger partial charge in [0.25, 0.3) is 0 Å². The number of Topliss-reactive ketones (excluding diaryl/α,β-unsaturated/α-hetero) is 1. The van der Waals surface area contributed by atoms with Gasteiger partial charge in [-0.2, -0.15) is 0 Å². The SMILES string of the molecule is CCOC(=O)c1c(NC(=O)OC(C)(C)C)oc(C)c1C(C)=O. The third-order valence-corrected chi connectivity index (χ3v) is 2.53. The fourth-order valence-corrected chi connectivity index (χ4v) is 1.85. The predicted molar refractivity (Wildman–Crippen MR) is 79.3 cm³/mol. The summed E-state index contributed by atoms with van der Waals surface area (Å²) in [6.07, 6.45) is -0.790. The molecule has 0 aliphatic heterocycles. The molecule has 122 valence electrons. The highest BCUT2D eigenvalue weighted by Gasteiger charge is 2.29. The van der Waals surface area contributed by atoms with E-state index in [2.05, 4.69) is 5.32 Å². The van der Waals surface area contributed by atoms with Crippen molar-refractivity contribution in [3.63, 3.8) is 0 Å². The van der Waals surface area contributed by atoms with Crippen LogP contribution in [0.5, 0.6) is 0 Å². The molecule has 7 nitrogen and oxygen atoms in total. The van der Waals surface area contributed by atoms with Crippen molar-refractivity contribution in [3.8, 4) is 0 Å². The van der Waals surface area contributed by atoms with Crippen LogP contribution in [0.4, 0.5) is 10.7 Å². The normalized spacial score (nSPS) is 11.0. The fraction of sp³-hybridized carbons (Fsp3) is 0.533. The van der Waals surface area contributed by atoms with Gasteiger partial charge in [-0.3, -0.25) is 10.1 Å². The number of carbonyl (C=O) groups excluding carboxylic acids is 3. The lowest BCUT2D eigenvalue weighted by molar-refractivity contribution is 0.0524. The molecule has 0 aliphatic carbocycles. The van der Waals surface area contributed by atoms with E-state index in [9.17, 15) is 14.4 Å². The number of rotatable bonds is 4. The van der Waals surface area contributed by atoms with E-state index in [0.717, 1.165) is 0 Å². The standard InChI is InChI=1S/C15H21NO6/c1-7-20-13(18)11-10(8(2)17)9(3)21-12(11)16-14(19)22-15(4,5)6/h7H2,1-6H3,(H,16,19). The molecule has 1 heterocycles. The average Bonchev–Trinajstić information content (AvgIpc) is 2.63. The summed E-state index contributed by atoms with van der Waals surface area (Å²) in [4.78, 5) is 35.6. The summed E-state index contributed by atoms with van der Waals surface area (Å²) in [7, 11) is 0. The second-order valence-electron chi connectivity index (χ2n) is 5.64. The summed E-state index contributed by atoms with van der Waals surface area (Å²) in [5.74, 6) is -1.03. The molecule has 0 bridgehead atoms. The van der Waals surface area contributed by atoms with Crippen LogP contribution >= 0.6 is 0 Å². The zero-order chi connectivity index (χ0) is 17.1. The molecule has 0 atom stereocenters. The van der Waals surface area contributed by atoms with Crippen LogP contribution in [0.2, 0.25) is 0 Å². The lowest BCUT2D eigenvalue weighted by Gasteiger charge is -2.19. The topological polar surface area (TPSA) is 94.8 Å². The fourth-order valence-electron chi connectivity index (χ4n) is 1.85. The van der Waals surface area contributed by atoms with Crippen LogP contribution in [0, 0.1) is 6.92 Å². The molecule has 1 amide bonds. The summed E-state index contributed by atoms with van der Waals surface area (Å²) in [6, 6.07) is 0. The number of hydrogen-bond acceptors (Lipinski definition) is 6. The van der Waals surface area contributed by atoms with E-state index in [1.165, 1.54) is 13.8 Å². The highest BCUT2D eigenvalue weighted by molar-refractivity contribution is 6.10. The molecule has 0 aromatic carbocycles. The van der Waals surface area contributed by atoms with Crippen LogP contribution in [0.1, 0.15) is 61.1 Å². The third-order valence-electron chi connectivity index (χ3n) is 2.53. The molecule has 7 heteroatoms. The number of esters is 1. The highest BCUT2D eigenvalue weighted by Crippen LogP contribution is 2.29. The van der Waals surface area contributed by atoms with E-state index in [-0.39, 0.29) is 35.2 Å². The molecule has 0 saturated heterocycles. The Morgan fingerprint density at radius 1 is 1.18 bits per heavy atom. The van der Waals surface area contributed by atoms with Gasteiger partial charge in [0.2, 0.25) is 5.88 Å². The molecular weight excluding hydrogens is 290 g/mol. The summed E-state index contributed by atoms with van der Waals surface area (Å²) in [5.41, 5.74) is -0.721. The Bertz CT molecular complexity index is 594. The van der Waals surface area contributed by atoms with Crippen molar-refractivity contribution in [2.75, 3.05) is 11.9 Å². The number of furan rings is 1. The number of amides is 1. The van der Waals surface area contributed by atoms with Crippen molar-refractivity contribution in [2.24, 2.45) is 0 Å². The van der Waals surface area contributed by atoms with Crippen LogP contribution in [-0.4, -0.2) is 30.1 Å². The maximum absolute atomic E-state index is 12.0. The molecule has 0 radical (unpaired) electrons. The minimum absolute atomic E-state index is 0.0875. The molecule has 0 unspecified atom stereocenters. The molecule has 0 spiro atoms. The zero-order valence-electron chi connectivity index (χ0n) is 13.7. The minimum Gasteiger partial charge on any atom is -0.462 e. The Labute approximate surface area is 129 Å². The maximum Gasteiger partial charge on any atom is 0.414 e. The third kappa shape index (κ3) is 4.34. The summed E-state index contributed by atoms with van der Waals surface area (Å²) >= 11 is 0. The van der Waals surface area contributed by atoms with Gasteiger partial charge in [0, 0.05) is 0 Å². The molecule has 0 aliphatic rings. The number of hydrogen-bond donors (Lipinski definition) is 1. The Morgan fingerprint density at radius 3 is 2.23 bits per heavy atom. The number of nitrogens with one attached hydrogen (secondary N) is 1. The number of anilines is 1. The predicted octanol–water partition coefficient (Wildman–Crippen LogP) is 3.31. The summed E-state index contributed by atoms with van der Waals surface area (Å²) in [5, 5.41) is 2.34. The van der Waals surface area contributed by atoms with Crippen molar-refractivity contribution >= 4 is 23.7 Å². The van der Waals surface area contributed by atoms with Crippen LogP contribution in [0.15, 0.2) is 4.42 Å². The van der Waals surface area contributed by atoms with E-state index >= 15 is 0 Å². The van der Waals surface area contributed by atoms with Gasteiger partial charge in [-0.05, 0) is 41.5 Å². The van der Waals surface area contributed by atoms with Crippen LogP contribution in [0.25, 0.3) is 0 Å². The number of aryl methyl sites for hydroxylation is 1. The Kier molecular flexibility index (Phi) is 5.35. The van der Waals surface area contributed by atoms with Gasteiger partial charge in [-0.1, -0.05) is 0 Å². The number of ether oxygens (including phenoxy) is 2. The van der Waals surface area contributed by atoms with Crippen molar-refractivity contribution in [1.29, 1.82) is 0 Å². The van der Waals surface area contributed by atoms with E-state index in [4.69, 9.17) is 13.9 Å². The van der Waals surface area contributed by atoms with Gasteiger partial charge in [0.15, 0.2) is 5.78 Å². The van der Waals surface area contributed by atoms with E-state index in [0.29, 0.717) is 0 Å². The highest BCUT2D eigenvalue weighted by atomic mass is 16.6. The van der Waals surface area contributed by atoms with Crippen molar-refractivity contribution in [1.82, 2.24) is 0 Å².